The Hall–Kier alpha value is -0.570. The Labute approximate surface area is 99.6 Å². The van der Waals surface area contributed by atoms with Gasteiger partial charge in [-0.25, -0.2) is 0 Å². The smallest absolute Gasteiger partial charge is 0.238 e. The molecule has 0 heterocycles. The van der Waals surface area contributed by atoms with Crippen LogP contribution < -0.4 is 5.32 Å². The van der Waals surface area contributed by atoms with E-state index < -0.39 is 0 Å². The molecule has 1 N–H and O–H groups in total. The van der Waals surface area contributed by atoms with E-state index in [2.05, 4.69) is 5.32 Å². The molecule has 0 aromatic carbocycles. The van der Waals surface area contributed by atoms with Crippen LogP contribution >= 0.6 is 0 Å². The summed E-state index contributed by atoms with van der Waals surface area (Å²) in [5.74, 6) is 0.182. The number of nitrogens with one attached hydrogen (secondary N) is 1. The van der Waals surface area contributed by atoms with Gasteiger partial charge in [-0.05, 0) is 19.8 Å². The largest absolute Gasteiger partial charge is 0.347 e. The van der Waals surface area contributed by atoms with Crippen molar-refractivity contribution in [2.75, 3.05) is 14.1 Å². The molecule has 1 unspecified atom stereocenters. The van der Waals surface area contributed by atoms with Crippen LogP contribution in [0.5, 0.6) is 0 Å². The Morgan fingerprint density at radius 1 is 1.12 bits per heavy atom. The van der Waals surface area contributed by atoms with Gasteiger partial charge in [-0.15, -0.1) is 0 Å². The number of hydrogen-bond donors (Lipinski definition) is 1. The maximum atomic E-state index is 11.7. The second-order valence-electron chi connectivity index (χ2n) is 5.16. The van der Waals surface area contributed by atoms with Gasteiger partial charge in [0.25, 0.3) is 0 Å². The van der Waals surface area contributed by atoms with E-state index >= 15 is 0 Å². The predicted octanol–water partition coefficient (Wildman–Crippen LogP) is 2.17. The summed E-state index contributed by atoms with van der Waals surface area (Å²) >= 11 is 0. The number of hydrogen-bond acceptors (Lipinski definition) is 2. The number of carbonyl (C=O) groups is 1. The van der Waals surface area contributed by atoms with Crippen molar-refractivity contribution in [2.45, 2.75) is 64.0 Å². The quantitative estimate of drug-likeness (QED) is 0.800. The first-order valence-corrected chi connectivity index (χ1v) is 6.58. The summed E-state index contributed by atoms with van der Waals surface area (Å²) < 4.78 is 0. The van der Waals surface area contributed by atoms with Gasteiger partial charge in [-0.1, -0.05) is 32.1 Å². The third-order valence-electron chi connectivity index (χ3n) is 3.40. The molecule has 16 heavy (non-hydrogen) atoms. The molecule has 0 spiro atoms. The van der Waals surface area contributed by atoms with Crippen molar-refractivity contribution in [3.63, 3.8) is 0 Å². The number of amides is 1. The molecule has 0 radical (unpaired) electrons. The first-order chi connectivity index (χ1) is 7.61. The number of nitrogens with zero attached hydrogens (tertiary/aromatic N) is 1. The minimum Gasteiger partial charge on any atom is -0.347 e. The molecule has 94 valence electrons. The van der Waals surface area contributed by atoms with E-state index in [1.165, 1.54) is 44.9 Å². The number of rotatable bonds is 3. The fraction of sp³-hybridized carbons (Fsp3) is 0.923. The molecule has 1 aliphatic rings. The summed E-state index contributed by atoms with van der Waals surface area (Å²) in [6, 6.07) is 0.499. The molecule has 3 nitrogen and oxygen atoms in total. The standard InChI is InChI=1S/C13H26N2O/c1-11(13(16)15(2)3)14-12-9-7-5-4-6-8-10-12/h11-12,14H,4-10H2,1-3H3. The van der Waals surface area contributed by atoms with E-state index in [0.29, 0.717) is 6.04 Å². The summed E-state index contributed by atoms with van der Waals surface area (Å²) in [5.41, 5.74) is 0. The monoisotopic (exact) mass is 226 g/mol. The van der Waals surface area contributed by atoms with Gasteiger partial charge >= 0.3 is 0 Å². The Morgan fingerprint density at radius 3 is 2.12 bits per heavy atom. The molecule has 0 aliphatic heterocycles. The molecule has 1 rings (SSSR count). The second kappa shape index (κ2) is 6.89. The van der Waals surface area contributed by atoms with E-state index in [4.69, 9.17) is 0 Å². The topological polar surface area (TPSA) is 32.3 Å². The van der Waals surface area contributed by atoms with E-state index in [-0.39, 0.29) is 11.9 Å². The lowest BCUT2D eigenvalue weighted by molar-refractivity contribution is -0.130. The molecule has 0 saturated heterocycles. The van der Waals surface area contributed by atoms with Gasteiger partial charge in [-0.2, -0.15) is 0 Å². The second-order valence-corrected chi connectivity index (χ2v) is 5.16. The summed E-state index contributed by atoms with van der Waals surface area (Å²) in [7, 11) is 3.64. The van der Waals surface area contributed by atoms with Crippen molar-refractivity contribution < 1.29 is 4.79 Å². The molecule has 1 aliphatic carbocycles. The Bertz CT molecular complexity index is 208. The highest BCUT2D eigenvalue weighted by atomic mass is 16.2. The first-order valence-electron chi connectivity index (χ1n) is 6.58. The average molecular weight is 226 g/mol. The van der Waals surface area contributed by atoms with Crippen molar-refractivity contribution in [1.29, 1.82) is 0 Å². The van der Waals surface area contributed by atoms with Crippen LogP contribution in [0.2, 0.25) is 0 Å². The molecule has 1 fully saturated rings. The Balaban J connectivity index is 2.35. The fourth-order valence-electron chi connectivity index (χ4n) is 2.43. The Morgan fingerprint density at radius 2 is 1.62 bits per heavy atom. The zero-order valence-corrected chi connectivity index (χ0v) is 11.0. The van der Waals surface area contributed by atoms with Crippen LogP contribution in [0, 0.1) is 0 Å². The predicted molar refractivity (Wildman–Crippen MR) is 67.4 cm³/mol. The zero-order chi connectivity index (χ0) is 12.0. The summed E-state index contributed by atoms with van der Waals surface area (Å²) in [6.45, 7) is 1.97. The van der Waals surface area contributed by atoms with Crippen molar-refractivity contribution in [3.05, 3.63) is 0 Å². The molecule has 3 heteroatoms. The highest BCUT2D eigenvalue weighted by Crippen LogP contribution is 2.17. The fourth-order valence-corrected chi connectivity index (χ4v) is 2.43. The zero-order valence-electron chi connectivity index (χ0n) is 11.0. The lowest BCUT2D eigenvalue weighted by atomic mass is 9.96. The van der Waals surface area contributed by atoms with Gasteiger partial charge in [0.1, 0.15) is 0 Å². The molecule has 1 atom stereocenters. The summed E-state index contributed by atoms with van der Waals surface area (Å²) in [6.07, 6.45) is 9.17. The van der Waals surface area contributed by atoms with Crippen LogP contribution in [0.3, 0.4) is 0 Å². The SMILES string of the molecule is CC(NC1CCCCCCC1)C(=O)N(C)C. The highest BCUT2D eigenvalue weighted by Gasteiger charge is 2.19. The minimum absolute atomic E-state index is 0.0422. The third-order valence-corrected chi connectivity index (χ3v) is 3.40. The van der Waals surface area contributed by atoms with Crippen molar-refractivity contribution >= 4 is 5.91 Å². The van der Waals surface area contributed by atoms with Gasteiger partial charge < -0.3 is 10.2 Å². The van der Waals surface area contributed by atoms with Crippen molar-refractivity contribution in [3.8, 4) is 0 Å². The van der Waals surface area contributed by atoms with E-state index in [1.807, 2.05) is 21.0 Å². The summed E-state index contributed by atoms with van der Waals surface area (Å²) in [4.78, 5) is 13.4. The highest BCUT2D eigenvalue weighted by molar-refractivity contribution is 5.80. The lowest BCUT2D eigenvalue weighted by Crippen LogP contribution is -2.46. The molecular formula is C13H26N2O. The van der Waals surface area contributed by atoms with E-state index in [0.717, 1.165) is 0 Å². The van der Waals surface area contributed by atoms with Gasteiger partial charge in [0.15, 0.2) is 0 Å². The molecule has 1 saturated carbocycles. The maximum absolute atomic E-state index is 11.7. The third kappa shape index (κ3) is 4.52. The summed E-state index contributed by atoms with van der Waals surface area (Å²) in [5, 5.41) is 3.48. The van der Waals surface area contributed by atoms with Crippen molar-refractivity contribution in [2.24, 2.45) is 0 Å². The molecule has 1 amide bonds. The van der Waals surface area contributed by atoms with Gasteiger partial charge in [0.05, 0.1) is 6.04 Å². The van der Waals surface area contributed by atoms with Crippen LogP contribution in [0.25, 0.3) is 0 Å². The van der Waals surface area contributed by atoms with Crippen LogP contribution in [0.15, 0.2) is 0 Å². The molecule has 0 aromatic heterocycles. The number of likely N-dealkylation sites (N-methyl/N-ethyl adjacent to an activating group) is 1. The van der Waals surface area contributed by atoms with E-state index in [1.54, 1.807) is 4.90 Å². The lowest BCUT2D eigenvalue weighted by Gasteiger charge is -2.26. The molecular weight excluding hydrogens is 200 g/mol. The first kappa shape index (κ1) is 13.5. The minimum atomic E-state index is -0.0422. The molecule has 0 aromatic rings. The Kier molecular flexibility index (Phi) is 5.81. The van der Waals surface area contributed by atoms with Gasteiger partial charge in [-0.3, -0.25) is 4.79 Å². The van der Waals surface area contributed by atoms with Crippen LogP contribution in [-0.4, -0.2) is 37.0 Å². The maximum Gasteiger partial charge on any atom is 0.238 e. The van der Waals surface area contributed by atoms with E-state index in [9.17, 15) is 4.79 Å². The van der Waals surface area contributed by atoms with Crippen LogP contribution in [0.1, 0.15) is 51.9 Å². The van der Waals surface area contributed by atoms with Gasteiger partial charge in [0, 0.05) is 20.1 Å². The van der Waals surface area contributed by atoms with Crippen molar-refractivity contribution in [1.82, 2.24) is 10.2 Å². The van der Waals surface area contributed by atoms with Crippen LogP contribution in [0.4, 0.5) is 0 Å². The van der Waals surface area contributed by atoms with Crippen LogP contribution in [-0.2, 0) is 4.79 Å². The normalized spacial score (nSPS) is 20.9. The molecule has 0 bridgehead atoms. The average Bonchev–Trinajstić information content (AvgIpc) is 2.20. The number of carbonyl (C=O) groups excluding carboxylic acids is 1. The van der Waals surface area contributed by atoms with Gasteiger partial charge in [0.2, 0.25) is 5.91 Å².